The molecule has 6 aliphatic rings. The summed E-state index contributed by atoms with van der Waals surface area (Å²) in [5.41, 5.74) is 7.56. The minimum Gasteiger partial charge on any atom is -0.467 e. The van der Waals surface area contributed by atoms with Crippen molar-refractivity contribution in [2.75, 3.05) is 103 Å². The standard InChI is InChI=1S/2C26H34N6O3/c2*1-17-11-19-14-27-32(25-13-24(28-26(29-25)34-2)31-9-5-21(33)15-31)23(19)12-22(17)18-3-7-30(8-4-18)20-6-10-35-16-20/h2*11-14,18,20-21,33H,3-10,15-16H2,1-2H3/t2*20?,21-/m11/s1. The molecule has 2 unspecified atom stereocenters. The molecule has 2 N–H and O–H groups in total. The number of nitrogens with zero attached hydrogens (tertiary/aromatic N) is 12. The molecule has 0 spiro atoms. The third kappa shape index (κ3) is 9.65. The van der Waals surface area contributed by atoms with Gasteiger partial charge in [-0.25, -0.2) is 9.36 Å². The quantitative estimate of drug-likeness (QED) is 0.180. The molecule has 0 aliphatic carbocycles. The van der Waals surface area contributed by atoms with Crippen LogP contribution in [0, 0.1) is 13.8 Å². The summed E-state index contributed by atoms with van der Waals surface area (Å²) in [5.74, 6) is 3.94. The third-order valence-corrected chi connectivity index (χ3v) is 15.8. The summed E-state index contributed by atoms with van der Waals surface area (Å²) in [6.07, 6.45) is 11.6. The van der Waals surface area contributed by atoms with Crippen molar-refractivity contribution in [3.8, 4) is 23.7 Å². The van der Waals surface area contributed by atoms with Gasteiger partial charge in [-0.15, -0.1) is 0 Å². The van der Waals surface area contributed by atoms with E-state index < -0.39 is 0 Å². The van der Waals surface area contributed by atoms with Crippen molar-refractivity contribution in [2.45, 2.75) is 101 Å². The van der Waals surface area contributed by atoms with Gasteiger partial charge in [-0.1, -0.05) is 0 Å². The molecule has 0 saturated carbocycles. The highest BCUT2D eigenvalue weighted by Crippen LogP contribution is 2.37. The molecule has 4 aromatic heterocycles. The number of aliphatic hydroxyl groups excluding tert-OH is 2. The molecule has 0 bridgehead atoms. The molecule has 372 valence electrons. The van der Waals surface area contributed by atoms with Crippen LogP contribution in [0.3, 0.4) is 0 Å². The topological polar surface area (TPSA) is 178 Å². The van der Waals surface area contributed by atoms with Crippen molar-refractivity contribution in [2.24, 2.45) is 0 Å². The van der Waals surface area contributed by atoms with Gasteiger partial charge in [-0.05, 0) is 150 Å². The second-order valence-electron chi connectivity index (χ2n) is 20.2. The van der Waals surface area contributed by atoms with Crippen LogP contribution in [0.5, 0.6) is 12.0 Å². The first-order valence-corrected chi connectivity index (χ1v) is 25.5. The number of rotatable bonds is 10. The first kappa shape index (κ1) is 46.9. The summed E-state index contributed by atoms with van der Waals surface area (Å²) in [6.45, 7) is 15.2. The number of methoxy groups -OCH3 is 2. The molecule has 70 heavy (non-hydrogen) atoms. The second kappa shape index (κ2) is 20.3. The predicted molar refractivity (Wildman–Crippen MR) is 267 cm³/mol. The molecule has 12 rings (SSSR count). The normalized spacial score (nSPS) is 24.0. The van der Waals surface area contributed by atoms with E-state index in [2.05, 4.69) is 77.6 Å². The number of hydrogen-bond donors (Lipinski definition) is 2. The van der Waals surface area contributed by atoms with Crippen LogP contribution in [0.4, 0.5) is 11.6 Å². The highest BCUT2D eigenvalue weighted by molar-refractivity contribution is 5.83. The minimum absolute atomic E-state index is 0.304. The molecule has 6 saturated heterocycles. The van der Waals surface area contributed by atoms with Gasteiger partial charge in [-0.3, -0.25) is 9.80 Å². The summed E-state index contributed by atoms with van der Waals surface area (Å²) in [5, 5.41) is 31.6. The van der Waals surface area contributed by atoms with Crippen LogP contribution < -0.4 is 19.3 Å². The fourth-order valence-corrected chi connectivity index (χ4v) is 11.8. The lowest BCUT2D eigenvalue weighted by atomic mass is 9.86. The third-order valence-electron chi connectivity index (χ3n) is 15.8. The molecule has 10 heterocycles. The van der Waals surface area contributed by atoms with Gasteiger partial charge in [0, 0.05) is 74.4 Å². The van der Waals surface area contributed by atoms with Gasteiger partial charge >= 0.3 is 12.0 Å². The number of likely N-dealkylation sites (tertiary alicyclic amines) is 2. The zero-order valence-corrected chi connectivity index (χ0v) is 41.1. The Kier molecular flexibility index (Phi) is 13.6. The summed E-state index contributed by atoms with van der Waals surface area (Å²) in [4.78, 5) is 27.7. The van der Waals surface area contributed by atoms with Gasteiger partial charge in [0.25, 0.3) is 0 Å². The largest absolute Gasteiger partial charge is 0.467 e. The van der Waals surface area contributed by atoms with E-state index in [9.17, 15) is 10.2 Å². The lowest BCUT2D eigenvalue weighted by Crippen LogP contribution is -2.41. The van der Waals surface area contributed by atoms with Crippen LogP contribution in [-0.4, -0.2) is 177 Å². The van der Waals surface area contributed by atoms with Crippen molar-refractivity contribution < 1.29 is 29.2 Å². The average molecular weight is 957 g/mol. The Labute approximate surface area is 409 Å². The van der Waals surface area contributed by atoms with E-state index in [0.29, 0.717) is 60.7 Å². The number of hydrogen-bond acceptors (Lipinski definition) is 16. The number of β-amino-alcohol motifs (C(OH)–C–C–N with tert-alkyl or cyclic N) is 2. The first-order chi connectivity index (χ1) is 34.2. The van der Waals surface area contributed by atoms with Crippen LogP contribution >= 0.6 is 0 Å². The Balaban J connectivity index is 0.000000152. The molecular weight excluding hydrogens is 889 g/mol. The Hall–Kier alpha value is -5.50. The van der Waals surface area contributed by atoms with E-state index in [1.807, 2.05) is 33.9 Å². The molecule has 6 aliphatic heterocycles. The van der Waals surface area contributed by atoms with Crippen LogP contribution in [0.2, 0.25) is 0 Å². The fourth-order valence-electron chi connectivity index (χ4n) is 11.8. The van der Waals surface area contributed by atoms with E-state index in [1.54, 1.807) is 14.2 Å². The number of aromatic nitrogens is 8. The summed E-state index contributed by atoms with van der Waals surface area (Å²) in [6, 6.07) is 14.8. The maximum absolute atomic E-state index is 10.00. The molecule has 2 aromatic carbocycles. The zero-order chi connectivity index (χ0) is 47.9. The number of aryl methyl sites for hydroxylation is 2. The number of anilines is 2. The van der Waals surface area contributed by atoms with Crippen molar-refractivity contribution in [3.05, 3.63) is 71.0 Å². The molecule has 6 aromatic rings. The monoisotopic (exact) mass is 957 g/mol. The zero-order valence-electron chi connectivity index (χ0n) is 41.1. The maximum Gasteiger partial charge on any atom is 0.320 e. The first-order valence-electron chi connectivity index (χ1n) is 25.5. The van der Waals surface area contributed by atoms with E-state index in [1.165, 1.54) is 47.9 Å². The smallest absolute Gasteiger partial charge is 0.320 e. The SMILES string of the molecule is COc1nc(N2CC[C@@H](O)C2)cc(-n2ncc3cc(C)c(C4CCN(C5CCOC5)CC4)cc32)n1.COc1nc(N2CC[C@@H](O)C2)cc(-n2ncc3cc(C)c(C4CCN(C5CCOC5)CC4)cc32)n1. The van der Waals surface area contributed by atoms with E-state index in [4.69, 9.17) is 29.1 Å². The van der Waals surface area contributed by atoms with E-state index >= 15 is 0 Å². The van der Waals surface area contributed by atoms with Crippen LogP contribution in [-0.2, 0) is 9.47 Å². The van der Waals surface area contributed by atoms with Crippen LogP contribution in [0.15, 0.2) is 48.8 Å². The van der Waals surface area contributed by atoms with E-state index in [-0.39, 0.29) is 12.2 Å². The summed E-state index contributed by atoms with van der Waals surface area (Å²) in [7, 11) is 3.16. The van der Waals surface area contributed by atoms with Crippen molar-refractivity contribution in [1.29, 1.82) is 0 Å². The second-order valence-corrected chi connectivity index (χ2v) is 20.2. The lowest BCUT2D eigenvalue weighted by molar-refractivity contribution is 0.122. The molecular formula is C52H68N12O6. The molecule has 4 atom stereocenters. The Morgan fingerprint density at radius 2 is 0.929 bits per heavy atom. The summed E-state index contributed by atoms with van der Waals surface area (Å²) >= 11 is 0. The number of aliphatic hydroxyl groups is 2. The van der Waals surface area contributed by atoms with Crippen molar-refractivity contribution in [3.63, 3.8) is 0 Å². The van der Waals surface area contributed by atoms with Gasteiger partial charge in [0.1, 0.15) is 11.6 Å². The maximum atomic E-state index is 10.00. The van der Waals surface area contributed by atoms with Gasteiger partial charge < -0.3 is 39.0 Å². The predicted octanol–water partition coefficient (Wildman–Crippen LogP) is 5.34. The van der Waals surface area contributed by atoms with Gasteiger partial charge in [0.05, 0.1) is 63.1 Å². The molecule has 18 nitrogen and oxygen atoms in total. The van der Waals surface area contributed by atoms with Crippen molar-refractivity contribution >= 4 is 33.4 Å². The molecule has 0 amide bonds. The van der Waals surface area contributed by atoms with Crippen LogP contribution in [0.1, 0.15) is 85.5 Å². The van der Waals surface area contributed by atoms with Crippen molar-refractivity contribution in [1.82, 2.24) is 49.3 Å². The van der Waals surface area contributed by atoms with Gasteiger partial charge in [0.2, 0.25) is 0 Å². The average Bonchev–Trinajstić information content (AvgIpc) is 4.26. The lowest BCUT2D eigenvalue weighted by Gasteiger charge is -2.36. The number of ether oxygens (including phenoxy) is 4. The highest BCUT2D eigenvalue weighted by Gasteiger charge is 2.32. The highest BCUT2D eigenvalue weighted by atomic mass is 16.5. The minimum atomic E-state index is -0.330. The Morgan fingerprint density at radius 3 is 1.29 bits per heavy atom. The Bertz CT molecular complexity index is 2590. The number of piperidine rings is 2. The molecule has 0 radical (unpaired) electrons. The molecule has 18 heteroatoms. The van der Waals surface area contributed by atoms with E-state index in [0.717, 1.165) is 125 Å². The number of fused-ring (bicyclic) bond motifs is 2. The van der Waals surface area contributed by atoms with Gasteiger partial charge in [-0.2, -0.15) is 30.1 Å². The molecule has 6 fully saturated rings. The Morgan fingerprint density at radius 1 is 0.514 bits per heavy atom. The van der Waals surface area contributed by atoms with Gasteiger partial charge in [0.15, 0.2) is 11.6 Å². The summed E-state index contributed by atoms with van der Waals surface area (Å²) < 4.78 is 25.8. The number of benzene rings is 2. The van der Waals surface area contributed by atoms with Crippen LogP contribution in [0.25, 0.3) is 33.4 Å². The fraction of sp³-hybridized carbons (Fsp3) is 0.577.